The Morgan fingerprint density at radius 3 is 2.79 bits per heavy atom. The summed E-state index contributed by atoms with van der Waals surface area (Å²) in [7, 11) is 0. The van der Waals surface area contributed by atoms with Crippen LogP contribution in [0.25, 0.3) is 11.1 Å². The summed E-state index contributed by atoms with van der Waals surface area (Å²) in [4.78, 5) is 15.0. The molecule has 1 atom stereocenters. The molecule has 2 N–H and O–H groups in total. The van der Waals surface area contributed by atoms with E-state index in [1.165, 1.54) is 11.6 Å². The number of rotatable bonds is 8. The summed E-state index contributed by atoms with van der Waals surface area (Å²) in [6.45, 7) is 8.78. The molecule has 5 nitrogen and oxygen atoms in total. The Bertz CT molecular complexity index is 1130. The molecule has 178 valence electrons. The van der Waals surface area contributed by atoms with Crippen molar-refractivity contribution in [3.8, 4) is 16.9 Å². The van der Waals surface area contributed by atoms with Gasteiger partial charge in [-0.15, -0.1) is 0 Å². The van der Waals surface area contributed by atoms with E-state index in [2.05, 4.69) is 34.6 Å². The van der Waals surface area contributed by atoms with Gasteiger partial charge in [0.25, 0.3) is 5.91 Å². The molecule has 0 spiro atoms. The molecule has 1 amide bonds. The maximum absolute atomic E-state index is 14.8. The Labute approximate surface area is 200 Å². The van der Waals surface area contributed by atoms with Crippen LogP contribution in [0.5, 0.6) is 5.75 Å². The van der Waals surface area contributed by atoms with Crippen LogP contribution in [-0.4, -0.2) is 43.1 Å². The molecule has 3 aromatic rings. The van der Waals surface area contributed by atoms with Gasteiger partial charge in [-0.25, -0.2) is 4.39 Å². The smallest absolute Gasteiger partial charge is 0.251 e. The molecule has 0 saturated carbocycles. The Morgan fingerprint density at radius 1 is 1.12 bits per heavy atom. The lowest BCUT2D eigenvalue weighted by atomic mass is 10.00. The number of piperazine rings is 1. The van der Waals surface area contributed by atoms with Gasteiger partial charge in [0.2, 0.25) is 0 Å². The van der Waals surface area contributed by atoms with Gasteiger partial charge in [-0.2, -0.15) is 0 Å². The van der Waals surface area contributed by atoms with E-state index >= 15 is 0 Å². The first kappa shape index (κ1) is 23.9. The van der Waals surface area contributed by atoms with Crippen LogP contribution in [0.15, 0.2) is 66.7 Å². The van der Waals surface area contributed by atoms with E-state index in [9.17, 15) is 9.18 Å². The van der Waals surface area contributed by atoms with E-state index in [1.807, 2.05) is 31.2 Å². The van der Waals surface area contributed by atoms with Crippen molar-refractivity contribution in [1.82, 2.24) is 15.5 Å². The van der Waals surface area contributed by atoms with Crippen LogP contribution in [0.2, 0.25) is 0 Å². The van der Waals surface area contributed by atoms with Crippen LogP contribution < -0.4 is 15.4 Å². The van der Waals surface area contributed by atoms with Crippen LogP contribution in [0.3, 0.4) is 0 Å². The Balaban J connectivity index is 1.45. The lowest BCUT2D eigenvalue weighted by Crippen LogP contribution is -2.48. The van der Waals surface area contributed by atoms with Gasteiger partial charge in [0.1, 0.15) is 11.6 Å². The average molecular weight is 462 g/mol. The largest absolute Gasteiger partial charge is 0.494 e. The summed E-state index contributed by atoms with van der Waals surface area (Å²) in [6.07, 6.45) is 0. The second kappa shape index (κ2) is 11.3. The van der Waals surface area contributed by atoms with Crippen molar-refractivity contribution in [2.75, 3.05) is 26.2 Å². The summed E-state index contributed by atoms with van der Waals surface area (Å²) in [5.41, 5.74) is 3.92. The van der Waals surface area contributed by atoms with Gasteiger partial charge in [0.15, 0.2) is 0 Å². The first-order chi connectivity index (χ1) is 16.5. The van der Waals surface area contributed by atoms with E-state index in [4.69, 9.17) is 4.74 Å². The number of amides is 1. The molecule has 1 heterocycles. The molecule has 34 heavy (non-hydrogen) atoms. The average Bonchev–Trinajstić information content (AvgIpc) is 2.84. The first-order valence-corrected chi connectivity index (χ1v) is 11.9. The monoisotopic (exact) mass is 461 g/mol. The number of hydrogen-bond donors (Lipinski definition) is 2. The molecule has 0 bridgehead atoms. The third-order valence-electron chi connectivity index (χ3n) is 5.99. The van der Waals surface area contributed by atoms with E-state index < -0.39 is 0 Å². The SMILES string of the molecule is CCOc1cccc(C(=O)NCc2ccc(F)c(-c3cccc(CN4CCNC(C)C4)c3)c2)c1. The zero-order chi connectivity index (χ0) is 23.9. The third-order valence-corrected chi connectivity index (χ3v) is 5.99. The molecule has 0 aromatic heterocycles. The Hall–Kier alpha value is -3.22. The lowest BCUT2D eigenvalue weighted by molar-refractivity contribution is 0.0950. The van der Waals surface area contributed by atoms with E-state index in [0.29, 0.717) is 36.1 Å². The van der Waals surface area contributed by atoms with Crippen LogP contribution in [0, 0.1) is 5.82 Å². The number of carbonyl (C=O) groups is 1. The summed E-state index contributed by atoms with van der Waals surface area (Å²) >= 11 is 0. The molecule has 0 aliphatic carbocycles. The van der Waals surface area contributed by atoms with E-state index in [1.54, 1.807) is 24.3 Å². The fourth-order valence-electron chi connectivity index (χ4n) is 4.33. The summed E-state index contributed by atoms with van der Waals surface area (Å²) in [5.74, 6) is 0.196. The highest BCUT2D eigenvalue weighted by molar-refractivity contribution is 5.94. The van der Waals surface area contributed by atoms with Crippen LogP contribution in [-0.2, 0) is 13.1 Å². The van der Waals surface area contributed by atoms with Crippen molar-refractivity contribution >= 4 is 5.91 Å². The van der Waals surface area contributed by atoms with Crippen molar-refractivity contribution in [2.24, 2.45) is 0 Å². The quantitative estimate of drug-likeness (QED) is 0.514. The minimum absolute atomic E-state index is 0.195. The van der Waals surface area contributed by atoms with Crippen molar-refractivity contribution in [2.45, 2.75) is 33.0 Å². The van der Waals surface area contributed by atoms with Crippen LogP contribution >= 0.6 is 0 Å². The van der Waals surface area contributed by atoms with Crippen molar-refractivity contribution in [3.05, 3.63) is 89.2 Å². The van der Waals surface area contributed by atoms with E-state index in [-0.39, 0.29) is 11.7 Å². The van der Waals surface area contributed by atoms with Crippen molar-refractivity contribution < 1.29 is 13.9 Å². The van der Waals surface area contributed by atoms with E-state index in [0.717, 1.165) is 37.3 Å². The maximum Gasteiger partial charge on any atom is 0.251 e. The third kappa shape index (κ3) is 6.22. The van der Waals surface area contributed by atoms with Crippen LogP contribution in [0.1, 0.15) is 35.3 Å². The van der Waals surface area contributed by atoms with Gasteiger partial charge in [0.05, 0.1) is 6.61 Å². The normalized spacial score (nSPS) is 16.3. The molecular formula is C28H32FN3O2. The molecule has 0 radical (unpaired) electrons. The molecule has 1 aliphatic heterocycles. The predicted molar refractivity (Wildman–Crippen MR) is 133 cm³/mol. The zero-order valence-corrected chi connectivity index (χ0v) is 19.8. The second-order valence-electron chi connectivity index (χ2n) is 8.75. The number of carbonyl (C=O) groups excluding carboxylic acids is 1. The Morgan fingerprint density at radius 2 is 1.97 bits per heavy atom. The number of ether oxygens (including phenoxy) is 1. The maximum atomic E-state index is 14.8. The minimum Gasteiger partial charge on any atom is -0.494 e. The molecule has 1 aliphatic rings. The summed E-state index contributed by atoms with van der Waals surface area (Å²) in [6, 6.07) is 20.6. The molecule has 1 saturated heterocycles. The highest BCUT2D eigenvalue weighted by Gasteiger charge is 2.16. The predicted octanol–water partition coefficient (Wildman–Crippen LogP) is 4.62. The first-order valence-electron chi connectivity index (χ1n) is 11.9. The van der Waals surface area contributed by atoms with Crippen LogP contribution in [0.4, 0.5) is 4.39 Å². The van der Waals surface area contributed by atoms with Crippen molar-refractivity contribution in [1.29, 1.82) is 0 Å². The minimum atomic E-state index is -0.271. The molecule has 4 rings (SSSR count). The topological polar surface area (TPSA) is 53.6 Å². The zero-order valence-electron chi connectivity index (χ0n) is 19.8. The fraction of sp³-hybridized carbons (Fsp3) is 0.321. The molecular weight excluding hydrogens is 429 g/mol. The van der Waals surface area contributed by atoms with Gasteiger partial charge >= 0.3 is 0 Å². The number of hydrogen-bond acceptors (Lipinski definition) is 4. The Kier molecular flexibility index (Phi) is 7.93. The summed E-state index contributed by atoms with van der Waals surface area (Å²) in [5, 5.41) is 6.38. The fourth-order valence-corrected chi connectivity index (χ4v) is 4.33. The highest BCUT2D eigenvalue weighted by atomic mass is 19.1. The highest BCUT2D eigenvalue weighted by Crippen LogP contribution is 2.26. The lowest BCUT2D eigenvalue weighted by Gasteiger charge is -2.31. The van der Waals surface area contributed by atoms with Gasteiger partial charge in [-0.05, 0) is 66.9 Å². The standard InChI is InChI=1S/C28H32FN3O2/c1-3-34-25-9-5-8-24(16-25)28(33)31-17-21-10-11-27(29)26(15-21)23-7-4-6-22(14-23)19-32-13-12-30-20(2)18-32/h4-11,14-16,20,30H,3,12-13,17-19H2,1-2H3,(H,31,33). The molecule has 1 unspecified atom stereocenters. The number of nitrogens with zero attached hydrogens (tertiary/aromatic N) is 1. The van der Waals surface area contributed by atoms with Gasteiger partial charge in [-0.1, -0.05) is 30.3 Å². The van der Waals surface area contributed by atoms with Gasteiger partial charge < -0.3 is 15.4 Å². The summed E-state index contributed by atoms with van der Waals surface area (Å²) < 4.78 is 20.2. The molecule has 3 aromatic carbocycles. The number of benzene rings is 3. The molecule has 6 heteroatoms. The van der Waals surface area contributed by atoms with Gasteiger partial charge in [-0.3, -0.25) is 9.69 Å². The second-order valence-corrected chi connectivity index (χ2v) is 8.75. The number of nitrogens with one attached hydrogen (secondary N) is 2. The van der Waals surface area contributed by atoms with Crippen molar-refractivity contribution in [3.63, 3.8) is 0 Å². The number of halogens is 1. The van der Waals surface area contributed by atoms with Gasteiger partial charge in [0, 0.05) is 49.9 Å². The molecule has 1 fully saturated rings.